The van der Waals surface area contributed by atoms with E-state index in [0.717, 1.165) is 18.2 Å². The number of methoxy groups -OCH3 is 1. The summed E-state index contributed by atoms with van der Waals surface area (Å²) in [5.41, 5.74) is -0.236. The van der Waals surface area contributed by atoms with Crippen LogP contribution in [0.5, 0.6) is 5.75 Å². The van der Waals surface area contributed by atoms with Crippen molar-refractivity contribution in [1.82, 2.24) is 5.32 Å². The minimum atomic E-state index is -1.27. The lowest BCUT2D eigenvalue weighted by atomic mass is 10.2. The molecular formula is C13H16FNO5. The highest BCUT2D eigenvalue weighted by Gasteiger charge is 2.09. The number of carboxylic acid groups (broad SMARTS) is 1. The minimum Gasteiger partial charge on any atom is -0.484 e. The molecule has 0 aliphatic carbocycles. The van der Waals surface area contributed by atoms with Crippen molar-refractivity contribution < 1.29 is 28.6 Å². The fraction of sp³-hybridized carbons (Fsp3) is 0.385. The highest BCUT2D eigenvalue weighted by atomic mass is 19.1. The van der Waals surface area contributed by atoms with Gasteiger partial charge in [0.15, 0.2) is 6.61 Å². The Kier molecular flexibility index (Phi) is 6.45. The van der Waals surface area contributed by atoms with Crippen LogP contribution in [-0.4, -0.2) is 43.9 Å². The van der Waals surface area contributed by atoms with E-state index in [0.29, 0.717) is 19.6 Å². The summed E-state index contributed by atoms with van der Waals surface area (Å²) in [6.45, 7) is 0.669. The lowest BCUT2D eigenvalue weighted by Gasteiger charge is -2.08. The molecule has 0 unspecified atom stereocenters. The number of carbonyl (C=O) groups is 2. The predicted octanol–water partition coefficient (Wildman–Crippen LogP) is 1.06. The van der Waals surface area contributed by atoms with E-state index in [-0.39, 0.29) is 23.8 Å². The maximum Gasteiger partial charge on any atom is 0.335 e. The van der Waals surface area contributed by atoms with Crippen LogP contribution in [0.3, 0.4) is 0 Å². The SMILES string of the molecule is COCCCNC(=O)COc1cc(F)cc(C(=O)O)c1. The molecule has 0 heterocycles. The van der Waals surface area contributed by atoms with Crippen molar-refractivity contribution >= 4 is 11.9 Å². The Morgan fingerprint density at radius 1 is 1.35 bits per heavy atom. The van der Waals surface area contributed by atoms with E-state index < -0.39 is 11.8 Å². The summed E-state index contributed by atoms with van der Waals surface area (Å²) >= 11 is 0. The first-order chi connectivity index (χ1) is 9.52. The van der Waals surface area contributed by atoms with Crippen LogP contribution in [0, 0.1) is 5.82 Å². The summed E-state index contributed by atoms with van der Waals surface area (Å²) in [4.78, 5) is 22.1. The Labute approximate surface area is 115 Å². The van der Waals surface area contributed by atoms with Gasteiger partial charge in [-0.1, -0.05) is 0 Å². The van der Waals surface area contributed by atoms with E-state index in [2.05, 4.69) is 5.32 Å². The summed E-state index contributed by atoms with van der Waals surface area (Å²) < 4.78 is 23.0. The molecule has 0 saturated heterocycles. The van der Waals surface area contributed by atoms with Gasteiger partial charge in [-0.15, -0.1) is 0 Å². The first-order valence-corrected chi connectivity index (χ1v) is 5.95. The molecule has 0 atom stereocenters. The second-order valence-electron chi connectivity index (χ2n) is 3.97. The van der Waals surface area contributed by atoms with Gasteiger partial charge in [0.1, 0.15) is 11.6 Å². The molecule has 0 fully saturated rings. The zero-order valence-electron chi connectivity index (χ0n) is 11.0. The number of amides is 1. The lowest BCUT2D eigenvalue weighted by molar-refractivity contribution is -0.123. The lowest BCUT2D eigenvalue weighted by Crippen LogP contribution is -2.30. The Balaban J connectivity index is 2.45. The van der Waals surface area contributed by atoms with Gasteiger partial charge in [0.05, 0.1) is 5.56 Å². The molecule has 20 heavy (non-hydrogen) atoms. The smallest absolute Gasteiger partial charge is 0.335 e. The number of carbonyl (C=O) groups excluding carboxylic acids is 1. The summed E-state index contributed by atoms with van der Waals surface area (Å²) in [6.07, 6.45) is 0.672. The third-order valence-corrected chi connectivity index (χ3v) is 2.34. The fourth-order valence-corrected chi connectivity index (χ4v) is 1.41. The van der Waals surface area contributed by atoms with Gasteiger partial charge in [0, 0.05) is 26.3 Å². The number of carboxylic acids is 1. The minimum absolute atomic E-state index is 0.00515. The molecule has 1 aromatic carbocycles. The van der Waals surface area contributed by atoms with Crippen molar-refractivity contribution in [1.29, 1.82) is 0 Å². The van der Waals surface area contributed by atoms with Gasteiger partial charge in [-0.25, -0.2) is 9.18 Å². The number of benzene rings is 1. The van der Waals surface area contributed by atoms with Gasteiger partial charge >= 0.3 is 5.97 Å². The van der Waals surface area contributed by atoms with E-state index in [1.807, 2.05) is 0 Å². The molecule has 0 bridgehead atoms. The number of aromatic carboxylic acids is 1. The average Bonchev–Trinajstić information content (AvgIpc) is 2.40. The van der Waals surface area contributed by atoms with E-state index in [4.69, 9.17) is 14.6 Å². The van der Waals surface area contributed by atoms with E-state index in [1.165, 1.54) is 0 Å². The number of hydrogen-bond acceptors (Lipinski definition) is 4. The van der Waals surface area contributed by atoms with Crippen LogP contribution in [-0.2, 0) is 9.53 Å². The second-order valence-corrected chi connectivity index (χ2v) is 3.97. The van der Waals surface area contributed by atoms with Crippen LogP contribution in [0.2, 0.25) is 0 Å². The summed E-state index contributed by atoms with van der Waals surface area (Å²) in [5, 5.41) is 11.4. The third-order valence-electron chi connectivity index (χ3n) is 2.34. The van der Waals surface area contributed by atoms with Gasteiger partial charge in [-0.2, -0.15) is 0 Å². The Hall–Kier alpha value is -2.15. The second kappa shape index (κ2) is 8.11. The van der Waals surface area contributed by atoms with E-state index in [9.17, 15) is 14.0 Å². The number of rotatable bonds is 8. The van der Waals surface area contributed by atoms with Gasteiger partial charge < -0.3 is 19.9 Å². The van der Waals surface area contributed by atoms with Crippen molar-refractivity contribution in [2.75, 3.05) is 26.9 Å². The highest BCUT2D eigenvalue weighted by Crippen LogP contribution is 2.16. The van der Waals surface area contributed by atoms with Gasteiger partial charge in [-0.3, -0.25) is 4.79 Å². The van der Waals surface area contributed by atoms with Crippen molar-refractivity contribution in [2.24, 2.45) is 0 Å². The molecule has 7 heteroatoms. The molecule has 0 aliphatic rings. The van der Waals surface area contributed by atoms with E-state index in [1.54, 1.807) is 7.11 Å². The van der Waals surface area contributed by atoms with Crippen LogP contribution in [0.4, 0.5) is 4.39 Å². The molecule has 2 N–H and O–H groups in total. The van der Waals surface area contributed by atoms with Crippen LogP contribution >= 0.6 is 0 Å². The van der Waals surface area contributed by atoms with Crippen LogP contribution in [0.25, 0.3) is 0 Å². The first kappa shape index (κ1) is 15.9. The number of halogens is 1. The highest BCUT2D eigenvalue weighted by molar-refractivity contribution is 5.88. The van der Waals surface area contributed by atoms with Crippen molar-refractivity contribution in [3.05, 3.63) is 29.6 Å². The fourth-order valence-electron chi connectivity index (χ4n) is 1.41. The molecule has 0 aliphatic heterocycles. The van der Waals surface area contributed by atoms with E-state index >= 15 is 0 Å². The quantitative estimate of drug-likeness (QED) is 0.697. The summed E-state index contributed by atoms with van der Waals surface area (Å²) in [6, 6.07) is 3.05. The summed E-state index contributed by atoms with van der Waals surface area (Å²) in [7, 11) is 1.56. The van der Waals surface area contributed by atoms with Crippen molar-refractivity contribution in [2.45, 2.75) is 6.42 Å². The Morgan fingerprint density at radius 2 is 2.10 bits per heavy atom. The molecule has 0 spiro atoms. The zero-order valence-corrected chi connectivity index (χ0v) is 11.0. The number of hydrogen-bond donors (Lipinski definition) is 2. The molecule has 6 nitrogen and oxygen atoms in total. The predicted molar refractivity (Wildman–Crippen MR) is 68.4 cm³/mol. The zero-order chi connectivity index (χ0) is 15.0. The normalized spacial score (nSPS) is 10.1. The molecular weight excluding hydrogens is 269 g/mol. The molecule has 110 valence electrons. The molecule has 0 saturated carbocycles. The number of nitrogens with one attached hydrogen (secondary N) is 1. The van der Waals surface area contributed by atoms with Crippen LogP contribution < -0.4 is 10.1 Å². The maximum absolute atomic E-state index is 13.1. The monoisotopic (exact) mass is 285 g/mol. The summed E-state index contributed by atoms with van der Waals surface area (Å²) in [5.74, 6) is -2.38. The molecule has 0 radical (unpaired) electrons. The van der Waals surface area contributed by atoms with Crippen LogP contribution in [0.1, 0.15) is 16.8 Å². The maximum atomic E-state index is 13.1. The average molecular weight is 285 g/mol. The largest absolute Gasteiger partial charge is 0.484 e. The van der Waals surface area contributed by atoms with Gasteiger partial charge in [-0.05, 0) is 18.6 Å². The third kappa shape index (κ3) is 5.66. The Bertz CT molecular complexity index is 478. The topological polar surface area (TPSA) is 84.9 Å². The molecule has 0 aromatic heterocycles. The molecule has 1 amide bonds. The standard InChI is InChI=1S/C13H16FNO5/c1-19-4-2-3-15-12(16)8-20-11-6-9(13(17)18)5-10(14)7-11/h5-7H,2-4,8H2,1H3,(H,15,16)(H,17,18). The van der Waals surface area contributed by atoms with Crippen molar-refractivity contribution in [3.63, 3.8) is 0 Å². The van der Waals surface area contributed by atoms with Gasteiger partial charge in [0.2, 0.25) is 0 Å². The first-order valence-electron chi connectivity index (χ1n) is 5.95. The molecule has 1 rings (SSSR count). The molecule has 1 aromatic rings. The van der Waals surface area contributed by atoms with Crippen molar-refractivity contribution in [3.8, 4) is 5.75 Å². The number of ether oxygens (including phenoxy) is 2. The van der Waals surface area contributed by atoms with Crippen LogP contribution in [0.15, 0.2) is 18.2 Å². The Morgan fingerprint density at radius 3 is 2.75 bits per heavy atom. The van der Waals surface area contributed by atoms with Gasteiger partial charge in [0.25, 0.3) is 5.91 Å².